The maximum atomic E-state index is 12.8. The van der Waals surface area contributed by atoms with Crippen LogP contribution in [0.3, 0.4) is 0 Å². The molecular weight excluding hydrogens is 376 g/mol. The SMILES string of the molecule is O=C(Cn1cnc2sccc2c1=O)Nc1ccccc1C(=O)N1CCCCC1. The van der Waals surface area contributed by atoms with E-state index in [2.05, 4.69) is 10.3 Å². The highest BCUT2D eigenvalue weighted by Crippen LogP contribution is 2.20. The number of anilines is 1. The lowest BCUT2D eigenvalue weighted by Crippen LogP contribution is -2.36. The Morgan fingerprint density at radius 2 is 1.89 bits per heavy atom. The van der Waals surface area contributed by atoms with Crippen LogP contribution in [0, 0.1) is 0 Å². The zero-order valence-electron chi connectivity index (χ0n) is 15.3. The van der Waals surface area contributed by atoms with Gasteiger partial charge in [0.25, 0.3) is 11.5 Å². The molecular formula is C20H20N4O3S. The number of hydrogen-bond donors (Lipinski definition) is 1. The van der Waals surface area contributed by atoms with E-state index in [1.54, 1.807) is 35.7 Å². The fourth-order valence-corrected chi connectivity index (χ4v) is 4.12. The van der Waals surface area contributed by atoms with Gasteiger partial charge in [-0.2, -0.15) is 0 Å². The van der Waals surface area contributed by atoms with E-state index >= 15 is 0 Å². The molecule has 4 rings (SSSR count). The van der Waals surface area contributed by atoms with E-state index in [-0.39, 0.29) is 23.9 Å². The average Bonchev–Trinajstić information content (AvgIpc) is 3.20. The number of hydrogen-bond acceptors (Lipinski definition) is 5. The molecule has 1 N–H and O–H groups in total. The molecule has 3 heterocycles. The van der Waals surface area contributed by atoms with Crippen molar-refractivity contribution in [1.82, 2.24) is 14.5 Å². The number of likely N-dealkylation sites (tertiary alicyclic amines) is 1. The zero-order valence-corrected chi connectivity index (χ0v) is 16.1. The molecule has 3 aromatic rings. The molecule has 1 fully saturated rings. The summed E-state index contributed by atoms with van der Waals surface area (Å²) in [4.78, 5) is 44.5. The summed E-state index contributed by atoms with van der Waals surface area (Å²) in [5.41, 5.74) is 0.677. The third-order valence-electron chi connectivity index (χ3n) is 4.84. The van der Waals surface area contributed by atoms with E-state index in [1.807, 2.05) is 4.90 Å². The van der Waals surface area contributed by atoms with Crippen molar-refractivity contribution in [3.63, 3.8) is 0 Å². The fraction of sp³-hybridized carbons (Fsp3) is 0.300. The molecule has 0 radical (unpaired) electrons. The second-order valence-corrected chi connectivity index (χ2v) is 7.66. The maximum Gasteiger partial charge on any atom is 0.262 e. The summed E-state index contributed by atoms with van der Waals surface area (Å²) in [6.45, 7) is 1.32. The van der Waals surface area contributed by atoms with Crippen LogP contribution in [0.15, 0.2) is 46.8 Å². The molecule has 0 spiro atoms. The number of piperidine rings is 1. The third-order valence-corrected chi connectivity index (χ3v) is 5.66. The third kappa shape index (κ3) is 3.68. The molecule has 2 amide bonds. The molecule has 0 unspecified atom stereocenters. The molecule has 0 aliphatic carbocycles. The largest absolute Gasteiger partial charge is 0.339 e. The lowest BCUT2D eigenvalue weighted by atomic mass is 10.1. The highest BCUT2D eigenvalue weighted by molar-refractivity contribution is 7.16. The van der Waals surface area contributed by atoms with E-state index in [0.29, 0.717) is 21.5 Å². The van der Waals surface area contributed by atoms with Crippen LogP contribution in [0.4, 0.5) is 5.69 Å². The van der Waals surface area contributed by atoms with Gasteiger partial charge in [0.15, 0.2) is 0 Å². The van der Waals surface area contributed by atoms with Crippen molar-refractivity contribution in [3.05, 3.63) is 58.0 Å². The van der Waals surface area contributed by atoms with Gasteiger partial charge in [-0.3, -0.25) is 19.0 Å². The summed E-state index contributed by atoms with van der Waals surface area (Å²) in [6.07, 6.45) is 4.52. The van der Waals surface area contributed by atoms with Crippen LogP contribution in [-0.2, 0) is 11.3 Å². The molecule has 144 valence electrons. The summed E-state index contributed by atoms with van der Waals surface area (Å²) in [5, 5.41) is 5.08. The lowest BCUT2D eigenvalue weighted by Gasteiger charge is -2.27. The van der Waals surface area contributed by atoms with Crippen molar-refractivity contribution in [2.24, 2.45) is 0 Å². The number of aromatic nitrogens is 2. The van der Waals surface area contributed by atoms with Gasteiger partial charge in [-0.05, 0) is 42.8 Å². The molecule has 28 heavy (non-hydrogen) atoms. The van der Waals surface area contributed by atoms with Crippen molar-refractivity contribution in [2.45, 2.75) is 25.8 Å². The van der Waals surface area contributed by atoms with Crippen molar-refractivity contribution >= 4 is 39.1 Å². The number of nitrogens with one attached hydrogen (secondary N) is 1. The molecule has 0 saturated carbocycles. The van der Waals surface area contributed by atoms with E-state index in [0.717, 1.165) is 32.4 Å². The number of rotatable bonds is 4. The quantitative estimate of drug-likeness (QED) is 0.735. The Morgan fingerprint density at radius 1 is 1.11 bits per heavy atom. The van der Waals surface area contributed by atoms with Gasteiger partial charge in [-0.25, -0.2) is 4.98 Å². The number of carbonyl (C=O) groups is 2. The topological polar surface area (TPSA) is 84.3 Å². The molecule has 2 aromatic heterocycles. The molecule has 7 nitrogen and oxygen atoms in total. The minimum atomic E-state index is -0.377. The number of amides is 2. The molecule has 0 atom stereocenters. The van der Waals surface area contributed by atoms with Crippen molar-refractivity contribution in [2.75, 3.05) is 18.4 Å². The first kappa shape index (κ1) is 18.4. The van der Waals surface area contributed by atoms with Gasteiger partial charge in [0.2, 0.25) is 5.91 Å². The number of nitrogens with zero attached hydrogens (tertiary/aromatic N) is 3. The van der Waals surface area contributed by atoms with Gasteiger partial charge < -0.3 is 10.2 Å². The summed E-state index contributed by atoms with van der Waals surface area (Å²) >= 11 is 1.38. The zero-order chi connectivity index (χ0) is 19.5. The first-order chi connectivity index (χ1) is 13.6. The Labute approximate surface area is 165 Å². The van der Waals surface area contributed by atoms with Crippen LogP contribution in [0.25, 0.3) is 10.2 Å². The number of carbonyl (C=O) groups excluding carboxylic acids is 2. The molecule has 1 saturated heterocycles. The Kier molecular flexibility index (Phi) is 5.21. The van der Waals surface area contributed by atoms with E-state index < -0.39 is 0 Å². The van der Waals surface area contributed by atoms with Crippen LogP contribution >= 0.6 is 11.3 Å². The Hall–Kier alpha value is -3.00. The van der Waals surface area contributed by atoms with Crippen LogP contribution in [-0.4, -0.2) is 39.4 Å². The summed E-state index contributed by atoms with van der Waals surface area (Å²) in [7, 11) is 0. The average molecular weight is 396 g/mol. The summed E-state index contributed by atoms with van der Waals surface area (Å²) in [5.74, 6) is -0.452. The van der Waals surface area contributed by atoms with Crippen molar-refractivity contribution < 1.29 is 9.59 Å². The first-order valence-electron chi connectivity index (χ1n) is 9.24. The monoisotopic (exact) mass is 396 g/mol. The minimum Gasteiger partial charge on any atom is -0.339 e. The number of para-hydroxylation sites is 1. The van der Waals surface area contributed by atoms with Crippen LogP contribution in [0.2, 0.25) is 0 Å². The van der Waals surface area contributed by atoms with Gasteiger partial charge in [-0.1, -0.05) is 12.1 Å². The van der Waals surface area contributed by atoms with Gasteiger partial charge in [0, 0.05) is 13.1 Å². The highest BCUT2D eigenvalue weighted by atomic mass is 32.1. The second-order valence-electron chi connectivity index (χ2n) is 6.76. The molecule has 1 aliphatic rings. The molecule has 1 aliphatic heterocycles. The molecule has 1 aromatic carbocycles. The standard InChI is InChI=1S/C20H20N4O3S/c25-17(12-24-13-21-18-15(20(24)27)8-11-28-18)22-16-7-3-2-6-14(16)19(26)23-9-4-1-5-10-23/h2-3,6-8,11,13H,1,4-5,9-10,12H2,(H,22,25). The molecule has 8 heteroatoms. The Bertz CT molecular complexity index is 1080. The van der Waals surface area contributed by atoms with Gasteiger partial charge in [-0.15, -0.1) is 11.3 Å². The van der Waals surface area contributed by atoms with Crippen molar-refractivity contribution in [3.8, 4) is 0 Å². The normalized spacial score (nSPS) is 14.2. The van der Waals surface area contributed by atoms with E-state index in [4.69, 9.17) is 0 Å². The van der Waals surface area contributed by atoms with E-state index in [9.17, 15) is 14.4 Å². The van der Waals surface area contributed by atoms with E-state index in [1.165, 1.54) is 22.2 Å². The lowest BCUT2D eigenvalue weighted by molar-refractivity contribution is -0.116. The van der Waals surface area contributed by atoms with Crippen molar-refractivity contribution in [1.29, 1.82) is 0 Å². The Morgan fingerprint density at radius 3 is 2.71 bits per heavy atom. The summed E-state index contributed by atoms with van der Waals surface area (Å²) < 4.78 is 1.28. The number of thiophene rings is 1. The van der Waals surface area contributed by atoms with Crippen LogP contribution < -0.4 is 10.9 Å². The summed E-state index contributed by atoms with van der Waals surface area (Å²) in [6, 6.07) is 8.69. The predicted octanol–water partition coefficient (Wildman–Crippen LogP) is 2.72. The first-order valence-corrected chi connectivity index (χ1v) is 10.1. The Balaban J connectivity index is 1.52. The van der Waals surface area contributed by atoms with Crippen LogP contribution in [0.5, 0.6) is 0 Å². The highest BCUT2D eigenvalue weighted by Gasteiger charge is 2.21. The predicted molar refractivity (Wildman–Crippen MR) is 109 cm³/mol. The second kappa shape index (κ2) is 7.93. The van der Waals surface area contributed by atoms with Crippen LogP contribution in [0.1, 0.15) is 29.6 Å². The fourth-order valence-electron chi connectivity index (χ4n) is 3.40. The van der Waals surface area contributed by atoms with Gasteiger partial charge >= 0.3 is 0 Å². The minimum absolute atomic E-state index is 0.0749. The number of benzene rings is 1. The smallest absolute Gasteiger partial charge is 0.262 e. The van der Waals surface area contributed by atoms with Gasteiger partial charge in [0.05, 0.1) is 23.0 Å². The molecule has 0 bridgehead atoms. The van der Waals surface area contributed by atoms with Gasteiger partial charge in [0.1, 0.15) is 11.4 Å². The number of fused-ring (bicyclic) bond motifs is 1. The maximum absolute atomic E-state index is 12.8.